The largest absolute Gasteiger partial charge is 0.357 e. The smallest absolute Gasteiger partial charge is 0.223 e. The molecule has 0 unspecified atom stereocenters. The zero-order chi connectivity index (χ0) is 16.7. The number of carbonyl (C=O) groups excluding carboxylic acids is 1. The molecular weight excluding hydrogens is 288 g/mol. The molecule has 23 heavy (non-hydrogen) atoms. The molecule has 1 amide bonds. The lowest BCUT2D eigenvalue weighted by Crippen LogP contribution is -2.41. The second-order valence-electron chi connectivity index (χ2n) is 6.12. The van der Waals surface area contributed by atoms with Gasteiger partial charge < -0.3 is 16.0 Å². The highest BCUT2D eigenvalue weighted by molar-refractivity contribution is 5.81. The molecular formula is C18H28N4O. The molecule has 0 heterocycles. The Morgan fingerprint density at radius 3 is 2.57 bits per heavy atom. The first-order chi connectivity index (χ1) is 11.1. The highest BCUT2D eigenvalue weighted by Gasteiger charge is 2.28. The van der Waals surface area contributed by atoms with Crippen molar-refractivity contribution in [3.05, 3.63) is 34.9 Å². The maximum absolute atomic E-state index is 11.6. The number of carbonyl (C=O) groups is 1. The van der Waals surface area contributed by atoms with Crippen LogP contribution in [0.3, 0.4) is 0 Å². The standard InChI is InChI=1S/C18H28N4O/c1-4-19-18(21-10-9-20-17(23)15-7-8-15)22-12-16-6-5-13(2)11-14(16)3/h5-6,11,15H,4,7-10,12H2,1-3H3,(H,20,23)(H2,19,21,22). The third-order valence-corrected chi connectivity index (χ3v) is 3.91. The minimum Gasteiger partial charge on any atom is -0.357 e. The van der Waals surface area contributed by atoms with Crippen LogP contribution in [0, 0.1) is 19.8 Å². The third-order valence-electron chi connectivity index (χ3n) is 3.91. The van der Waals surface area contributed by atoms with E-state index < -0.39 is 0 Å². The van der Waals surface area contributed by atoms with Crippen LogP contribution in [0.4, 0.5) is 0 Å². The summed E-state index contributed by atoms with van der Waals surface area (Å²) in [4.78, 5) is 16.2. The van der Waals surface area contributed by atoms with Crippen LogP contribution in [0.2, 0.25) is 0 Å². The topological polar surface area (TPSA) is 65.5 Å². The first kappa shape index (κ1) is 17.3. The van der Waals surface area contributed by atoms with Gasteiger partial charge in [0.05, 0.1) is 6.54 Å². The van der Waals surface area contributed by atoms with Crippen molar-refractivity contribution in [2.24, 2.45) is 10.9 Å². The first-order valence-corrected chi connectivity index (χ1v) is 8.46. The maximum Gasteiger partial charge on any atom is 0.223 e. The molecule has 1 aromatic rings. The van der Waals surface area contributed by atoms with Crippen LogP contribution in [0.15, 0.2) is 23.2 Å². The molecule has 0 saturated heterocycles. The van der Waals surface area contributed by atoms with Crippen molar-refractivity contribution in [2.45, 2.75) is 40.2 Å². The monoisotopic (exact) mass is 316 g/mol. The van der Waals surface area contributed by atoms with Gasteiger partial charge in [0, 0.05) is 25.6 Å². The van der Waals surface area contributed by atoms with Gasteiger partial charge in [-0.1, -0.05) is 23.8 Å². The van der Waals surface area contributed by atoms with Crippen molar-refractivity contribution in [3.63, 3.8) is 0 Å². The summed E-state index contributed by atoms with van der Waals surface area (Å²) in [6.07, 6.45) is 2.08. The number of aryl methyl sites for hydroxylation is 2. The fraction of sp³-hybridized carbons (Fsp3) is 0.556. The van der Waals surface area contributed by atoms with Gasteiger partial charge in [-0.25, -0.2) is 4.99 Å². The summed E-state index contributed by atoms with van der Waals surface area (Å²) in [7, 11) is 0. The number of hydrogen-bond acceptors (Lipinski definition) is 2. The average molecular weight is 316 g/mol. The van der Waals surface area contributed by atoms with Gasteiger partial charge in [-0.05, 0) is 44.7 Å². The van der Waals surface area contributed by atoms with E-state index in [1.54, 1.807) is 0 Å². The zero-order valence-electron chi connectivity index (χ0n) is 14.4. The predicted octanol–water partition coefficient (Wildman–Crippen LogP) is 1.88. The molecule has 0 radical (unpaired) electrons. The molecule has 0 aromatic heterocycles. The van der Waals surface area contributed by atoms with E-state index in [4.69, 9.17) is 0 Å². The minimum atomic E-state index is 0.184. The Morgan fingerprint density at radius 2 is 1.91 bits per heavy atom. The van der Waals surface area contributed by atoms with Gasteiger partial charge in [-0.15, -0.1) is 0 Å². The molecule has 5 heteroatoms. The van der Waals surface area contributed by atoms with Crippen molar-refractivity contribution in [1.82, 2.24) is 16.0 Å². The van der Waals surface area contributed by atoms with Crippen molar-refractivity contribution in [3.8, 4) is 0 Å². The van der Waals surface area contributed by atoms with E-state index in [2.05, 4.69) is 53.0 Å². The summed E-state index contributed by atoms with van der Waals surface area (Å²) in [5, 5.41) is 9.44. The molecule has 1 aromatic carbocycles. The van der Waals surface area contributed by atoms with E-state index in [9.17, 15) is 4.79 Å². The molecule has 1 fully saturated rings. The summed E-state index contributed by atoms with van der Waals surface area (Å²) in [6.45, 7) is 9.03. The number of nitrogens with zero attached hydrogens (tertiary/aromatic N) is 1. The van der Waals surface area contributed by atoms with E-state index in [1.807, 2.05) is 6.92 Å². The summed E-state index contributed by atoms with van der Waals surface area (Å²) in [5.74, 6) is 1.23. The molecule has 1 aliphatic rings. The normalized spacial score (nSPS) is 14.5. The van der Waals surface area contributed by atoms with Gasteiger partial charge in [-0.3, -0.25) is 4.79 Å². The van der Waals surface area contributed by atoms with Crippen molar-refractivity contribution < 1.29 is 4.79 Å². The Morgan fingerprint density at radius 1 is 1.17 bits per heavy atom. The molecule has 5 nitrogen and oxygen atoms in total. The van der Waals surface area contributed by atoms with Gasteiger partial charge in [0.1, 0.15) is 0 Å². The Bertz CT molecular complexity index is 564. The molecule has 0 atom stereocenters. The van der Waals surface area contributed by atoms with Crippen LogP contribution in [-0.4, -0.2) is 31.5 Å². The molecule has 0 bridgehead atoms. The number of nitrogens with one attached hydrogen (secondary N) is 3. The quantitative estimate of drug-likeness (QED) is 0.409. The zero-order valence-corrected chi connectivity index (χ0v) is 14.4. The van der Waals surface area contributed by atoms with Gasteiger partial charge in [-0.2, -0.15) is 0 Å². The number of guanidine groups is 1. The first-order valence-electron chi connectivity index (χ1n) is 8.46. The van der Waals surface area contributed by atoms with Crippen LogP contribution in [0.5, 0.6) is 0 Å². The van der Waals surface area contributed by atoms with Crippen LogP contribution < -0.4 is 16.0 Å². The molecule has 0 aliphatic heterocycles. The van der Waals surface area contributed by atoms with E-state index in [1.165, 1.54) is 16.7 Å². The Hall–Kier alpha value is -2.04. The number of amides is 1. The van der Waals surface area contributed by atoms with Crippen LogP contribution in [-0.2, 0) is 11.3 Å². The SMILES string of the molecule is CCNC(=NCc1ccc(C)cc1C)NCCNC(=O)C1CC1. The summed E-state index contributed by atoms with van der Waals surface area (Å²) >= 11 is 0. The molecule has 0 spiro atoms. The Kier molecular flexibility index (Phi) is 6.44. The molecule has 126 valence electrons. The van der Waals surface area contributed by atoms with Crippen LogP contribution in [0.1, 0.15) is 36.5 Å². The summed E-state index contributed by atoms with van der Waals surface area (Å²) in [5.41, 5.74) is 3.77. The summed E-state index contributed by atoms with van der Waals surface area (Å²) < 4.78 is 0. The van der Waals surface area contributed by atoms with E-state index >= 15 is 0 Å². The van der Waals surface area contributed by atoms with E-state index in [-0.39, 0.29) is 11.8 Å². The van der Waals surface area contributed by atoms with Crippen molar-refractivity contribution in [2.75, 3.05) is 19.6 Å². The lowest BCUT2D eigenvalue weighted by atomic mass is 10.1. The molecule has 3 N–H and O–H groups in total. The van der Waals surface area contributed by atoms with E-state index in [0.29, 0.717) is 19.6 Å². The third kappa shape index (κ3) is 5.93. The highest BCUT2D eigenvalue weighted by Crippen LogP contribution is 2.28. The minimum absolute atomic E-state index is 0.184. The average Bonchev–Trinajstić information content (AvgIpc) is 3.35. The highest BCUT2D eigenvalue weighted by atomic mass is 16.2. The molecule has 2 rings (SSSR count). The maximum atomic E-state index is 11.6. The predicted molar refractivity (Wildman–Crippen MR) is 94.5 cm³/mol. The van der Waals surface area contributed by atoms with Gasteiger partial charge in [0.15, 0.2) is 5.96 Å². The lowest BCUT2D eigenvalue weighted by molar-refractivity contribution is -0.122. The Labute approximate surface area is 139 Å². The number of aliphatic imine (C=N–C) groups is 1. The van der Waals surface area contributed by atoms with Gasteiger partial charge in [0.2, 0.25) is 5.91 Å². The van der Waals surface area contributed by atoms with Crippen molar-refractivity contribution in [1.29, 1.82) is 0 Å². The second-order valence-corrected chi connectivity index (χ2v) is 6.12. The molecule has 1 aliphatic carbocycles. The number of hydrogen-bond donors (Lipinski definition) is 3. The fourth-order valence-corrected chi connectivity index (χ4v) is 2.39. The number of rotatable bonds is 7. The Balaban J connectivity index is 1.80. The summed E-state index contributed by atoms with van der Waals surface area (Å²) in [6, 6.07) is 6.43. The van der Waals surface area contributed by atoms with Gasteiger partial charge in [0.25, 0.3) is 0 Å². The fourth-order valence-electron chi connectivity index (χ4n) is 2.39. The second kappa shape index (κ2) is 8.56. The van der Waals surface area contributed by atoms with Crippen molar-refractivity contribution >= 4 is 11.9 Å². The van der Waals surface area contributed by atoms with E-state index in [0.717, 1.165) is 25.3 Å². The van der Waals surface area contributed by atoms with Crippen LogP contribution >= 0.6 is 0 Å². The molecule has 1 saturated carbocycles. The van der Waals surface area contributed by atoms with Crippen LogP contribution in [0.25, 0.3) is 0 Å². The lowest BCUT2D eigenvalue weighted by Gasteiger charge is -2.12. The number of benzene rings is 1. The van der Waals surface area contributed by atoms with Gasteiger partial charge >= 0.3 is 0 Å².